The van der Waals surface area contributed by atoms with Gasteiger partial charge in [-0.05, 0) is 62.5 Å². The van der Waals surface area contributed by atoms with Crippen molar-refractivity contribution in [2.75, 3.05) is 19.6 Å². The first-order valence-corrected chi connectivity index (χ1v) is 6.98. The number of nitrogens with one attached hydrogen (secondary N) is 1. The van der Waals surface area contributed by atoms with E-state index < -0.39 is 0 Å². The van der Waals surface area contributed by atoms with Crippen molar-refractivity contribution in [3.05, 3.63) is 29.3 Å². The molecule has 0 saturated carbocycles. The lowest BCUT2D eigenvalue weighted by Crippen LogP contribution is -2.34. The van der Waals surface area contributed by atoms with Crippen molar-refractivity contribution in [2.45, 2.75) is 25.4 Å². The van der Waals surface area contributed by atoms with E-state index in [0.29, 0.717) is 6.54 Å². The van der Waals surface area contributed by atoms with Crippen LogP contribution in [0.5, 0.6) is 5.75 Å². The summed E-state index contributed by atoms with van der Waals surface area (Å²) in [4.78, 5) is 0. The lowest BCUT2D eigenvalue weighted by molar-refractivity contribution is 0.162. The molecule has 1 unspecified atom stereocenters. The molecule has 1 aromatic carbocycles. The van der Waals surface area contributed by atoms with Gasteiger partial charge in [0.1, 0.15) is 11.9 Å². The Morgan fingerprint density at radius 2 is 1.94 bits per heavy atom. The summed E-state index contributed by atoms with van der Waals surface area (Å²) in [7, 11) is 0. The topological polar surface area (TPSA) is 47.3 Å². The van der Waals surface area contributed by atoms with Gasteiger partial charge in [0, 0.05) is 11.6 Å². The van der Waals surface area contributed by atoms with Gasteiger partial charge < -0.3 is 15.8 Å². The Hall–Kier alpha value is -0.770. The van der Waals surface area contributed by atoms with Crippen LogP contribution >= 0.6 is 11.6 Å². The Balaban J connectivity index is 1.86. The SMILES string of the molecule is NCC(CC1CCNCC1)Oc1ccc(Cl)cc1. The molecule has 1 aliphatic rings. The third-order valence-corrected chi connectivity index (χ3v) is 3.69. The van der Waals surface area contributed by atoms with Crippen molar-refractivity contribution in [1.82, 2.24) is 5.32 Å². The highest BCUT2D eigenvalue weighted by Gasteiger charge is 2.19. The average Bonchev–Trinajstić information content (AvgIpc) is 2.41. The zero-order valence-corrected chi connectivity index (χ0v) is 11.3. The molecule has 1 fully saturated rings. The van der Waals surface area contributed by atoms with Gasteiger partial charge >= 0.3 is 0 Å². The molecule has 0 bridgehead atoms. The molecule has 100 valence electrons. The highest BCUT2D eigenvalue weighted by molar-refractivity contribution is 6.30. The first kappa shape index (κ1) is 13.7. The van der Waals surface area contributed by atoms with Crippen LogP contribution in [-0.4, -0.2) is 25.7 Å². The van der Waals surface area contributed by atoms with E-state index in [1.807, 2.05) is 24.3 Å². The lowest BCUT2D eigenvalue weighted by atomic mass is 9.92. The molecule has 0 radical (unpaired) electrons. The number of halogens is 1. The molecule has 3 N–H and O–H groups in total. The third-order valence-electron chi connectivity index (χ3n) is 3.43. The molecule has 1 heterocycles. The molecule has 0 spiro atoms. The number of hydrogen-bond acceptors (Lipinski definition) is 3. The van der Waals surface area contributed by atoms with E-state index in [9.17, 15) is 0 Å². The van der Waals surface area contributed by atoms with E-state index in [4.69, 9.17) is 22.1 Å². The standard InChI is InChI=1S/C14H21ClN2O/c15-12-1-3-13(4-2-12)18-14(10-16)9-11-5-7-17-8-6-11/h1-4,11,14,17H,5-10,16H2. The molecule has 0 aromatic heterocycles. The van der Waals surface area contributed by atoms with Crippen LogP contribution in [0.3, 0.4) is 0 Å². The van der Waals surface area contributed by atoms with E-state index in [0.717, 1.165) is 36.2 Å². The fourth-order valence-electron chi connectivity index (χ4n) is 2.39. The van der Waals surface area contributed by atoms with Crippen molar-refractivity contribution >= 4 is 11.6 Å². The van der Waals surface area contributed by atoms with E-state index in [1.165, 1.54) is 12.8 Å². The van der Waals surface area contributed by atoms with Crippen molar-refractivity contribution in [2.24, 2.45) is 11.7 Å². The number of hydrogen-bond donors (Lipinski definition) is 2. The van der Waals surface area contributed by atoms with Gasteiger partial charge in [0.2, 0.25) is 0 Å². The number of nitrogens with two attached hydrogens (primary N) is 1. The third kappa shape index (κ3) is 4.16. The van der Waals surface area contributed by atoms with E-state index >= 15 is 0 Å². The van der Waals surface area contributed by atoms with Gasteiger partial charge in [0.05, 0.1) is 0 Å². The fraction of sp³-hybridized carbons (Fsp3) is 0.571. The second-order valence-electron chi connectivity index (χ2n) is 4.86. The fourth-order valence-corrected chi connectivity index (χ4v) is 2.51. The molecule has 1 atom stereocenters. The summed E-state index contributed by atoms with van der Waals surface area (Å²) in [6.45, 7) is 2.79. The van der Waals surface area contributed by atoms with Crippen molar-refractivity contribution in [3.8, 4) is 5.75 Å². The van der Waals surface area contributed by atoms with Crippen LogP contribution < -0.4 is 15.8 Å². The Labute approximate surface area is 114 Å². The van der Waals surface area contributed by atoms with Crippen LogP contribution in [0.4, 0.5) is 0 Å². The van der Waals surface area contributed by atoms with Crippen LogP contribution in [-0.2, 0) is 0 Å². The van der Waals surface area contributed by atoms with Gasteiger partial charge in [0.15, 0.2) is 0 Å². The maximum absolute atomic E-state index is 5.92. The summed E-state index contributed by atoms with van der Waals surface area (Å²) < 4.78 is 5.92. The summed E-state index contributed by atoms with van der Waals surface area (Å²) in [6, 6.07) is 7.48. The molecule has 18 heavy (non-hydrogen) atoms. The largest absolute Gasteiger partial charge is 0.489 e. The molecular formula is C14H21ClN2O. The van der Waals surface area contributed by atoms with Gasteiger partial charge in [-0.25, -0.2) is 0 Å². The highest BCUT2D eigenvalue weighted by Crippen LogP contribution is 2.22. The zero-order valence-electron chi connectivity index (χ0n) is 10.6. The van der Waals surface area contributed by atoms with Crippen LogP contribution in [0, 0.1) is 5.92 Å². The molecule has 4 heteroatoms. The number of benzene rings is 1. The van der Waals surface area contributed by atoms with Crippen molar-refractivity contribution in [1.29, 1.82) is 0 Å². The summed E-state index contributed by atoms with van der Waals surface area (Å²) in [5.41, 5.74) is 5.80. The molecule has 0 aliphatic carbocycles. The maximum Gasteiger partial charge on any atom is 0.119 e. The average molecular weight is 269 g/mol. The van der Waals surface area contributed by atoms with Gasteiger partial charge in [-0.2, -0.15) is 0 Å². The van der Waals surface area contributed by atoms with Crippen LogP contribution in [0.2, 0.25) is 5.02 Å². The van der Waals surface area contributed by atoms with E-state index in [-0.39, 0.29) is 6.10 Å². The van der Waals surface area contributed by atoms with Crippen LogP contribution in [0.1, 0.15) is 19.3 Å². The van der Waals surface area contributed by atoms with Crippen molar-refractivity contribution < 1.29 is 4.74 Å². The first-order chi connectivity index (χ1) is 8.78. The second-order valence-corrected chi connectivity index (χ2v) is 5.29. The molecule has 0 amide bonds. The molecule has 1 saturated heterocycles. The van der Waals surface area contributed by atoms with Crippen LogP contribution in [0.15, 0.2) is 24.3 Å². The van der Waals surface area contributed by atoms with Gasteiger partial charge in [-0.1, -0.05) is 11.6 Å². The smallest absolute Gasteiger partial charge is 0.119 e. The van der Waals surface area contributed by atoms with Gasteiger partial charge in [-0.3, -0.25) is 0 Å². The maximum atomic E-state index is 5.92. The minimum Gasteiger partial charge on any atom is -0.489 e. The van der Waals surface area contributed by atoms with E-state index in [1.54, 1.807) is 0 Å². The summed E-state index contributed by atoms with van der Waals surface area (Å²) >= 11 is 5.85. The first-order valence-electron chi connectivity index (χ1n) is 6.61. The molecule has 1 aliphatic heterocycles. The lowest BCUT2D eigenvalue weighted by Gasteiger charge is -2.27. The minimum absolute atomic E-state index is 0.106. The minimum atomic E-state index is 0.106. The number of ether oxygens (including phenoxy) is 1. The van der Waals surface area contributed by atoms with Crippen LogP contribution in [0.25, 0.3) is 0 Å². The zero-order chi connectivity index (χ0) is 12.8. The monoisotopic (exact) mass is 268 g/mol. The second kappa shape index (κ2) is 6.98. The Morgan fingerprint density at radius 3 is 2.56 bits per heavy atom. The summed E-state index contributed by atoms with van der Waals surface area (Å²) in [5.74, 6) is 1.58. The Bertz CT molecular complexity index is 349. The summed E-state index contributed by atoms with van der Waals surface area (Å²) in [6.07, 6.45) is 3.59. The highest BCUT2D eigenvalue weighted by atomic mass is 35.5. The van der Waals surface area contributed by atoms with E-state index in [2.05, 4.69) is 5.32 Å². The number of rotatable bonds is 5. The molecule has 3 nitrogen and oxygen atoms in total. The van der Waals surface area contributed by atoms with Gasteiger partial charge in [0.25, 0.3) is 0 Å². The Morgan fingerprint density at radius 1 is 1.28 bits per heavy atom. The number of piperidine rings is 1. The quantitative estimate of drug-likeness (QED) is 0.862. The van der Waals surface area contributed by atoms with Crippen molar-refractivity contribution in [3.63, 3.8) is 0 Å². The molecule has 1 aromatic rings. The molecule has 2 rings (SSSR count). The Kier molecular flexibility index (Phi) is 5.29. The normalized spacial score (nSPS) is 18.6. The molecular weight excluding hydrogens is 248 g/mol. The predicted octanol–water partition coefficient (Wildman–Crippen LogP) is 2.44. The predicted molar refractivity (Wildman–Crippen MR) is 75.1 cm³/mol. The summed E-state index contributed by atoms with van der Waals surface area (Å²) in [5, 5.41) is 4.10. The van der Waals surface area contributed by atoms with Gasteiger partial charge in [-0.15, -0.1) is 0 Å².